The van der Waals surface area contributed by atoms with Crippen LogP contribution in [0.15, 0.2) is 0 Å². The fourth-order valence-corrected chi connectivity index (χ4v) is 2.57. The van der Waals surface area contributed by atoms with Gasteiger partial charge in [-0.25, -0.2) is 0 Å². The highest BCUT2D eigenvalue weighted by atomic mass is 16.3. The number of carbonyl (C=O) groups excluding carboxylic acids is 1. The number of aliphatic hydroxyl groups excluding tert-OH is 1. The van der Waals surface area contributed by atoms with Crippen LogP contribution in [0.3, 0.4) is 0 Å². The maximum absolute atomic E-state index is 10.8. The van der Waals surface area contributed by atoms with Crippen LogP contribution in [0.2, 0.25) is 0 Å². The molecular weight excluding hydrogens is 230 g/mol. The van der Waals surface area contributed by atoms with Crippen molar-refractivity contribution >= 4 is 5.91 Å². The Morgan fingerprint density at radius 3 is 2.83 bits per heavy atom. The Labute approximate surface area is 110 Å². The minimum absolute atomic E-state index is 0.0395. The van der Waals surface area contributed by atoms with E-state index in [0.29, 0.717) is 12.0 Å². The third-order valence-electron chi connectivity index (χ3n) is 3.31. The summed E-state index contributed by atoms with van der Waals surface area (Å²) in [5.41, 5.74) is 0. The summed E-state index contributed by atoms with van der Waals surface area (Å²) in [4.78, 5) is 13.2. The summed E-state index contributed by atoms with van der Waals surface area (Å²) in [6, 6.07) is 0.512. The van der Waals surface area contributed by atoms with Crippen molar-refractivity contribution in [2.24, 2.45) is 5.92 Å². The number of hydrogen-bond acceptors (Lipinski definition) is 4. The summed E-state index contributed by atoms with van der Waals surface area (Å²) in [5.74, 6) is 0.723. The molecule has 106 valence electrons. The minimum atomic E-state index is 0.0395. The van der Waals surface area contributed by atoms with E-state index in [0.717, 1.165) is 39.1 Å². The molecule has 0 aromatic carbocycles. The molecule has 1 heterocycles. The van der Waals surface area contributed by atoms with E-state index >= 15 is 0 Å². The average molecular weight is 257 g/mol. The zero-order valence-electron chi connectivity index (χ0n) is 11.6. The zero-order chi connectivity index (χ0) is 13.4. The first-order chi connectivity index (χ1) is 8.61. The smallest absolute Gasteiger partial charge is 0.216 e. The zero-order valence-corrected chi connectivity index (χ0v) is 11.6. The van der Waals surface area contributed by atoms with Gasteiger partial charge in [-0.2, -0.15) is 0 Å². The van der Waals surface area contributed by atoms with E-state index in [4.69, 9.17) is 5.11 Å². The van der Waals surface area contributed by atoms with Crippen molar-refractivity contribution in [3.63, 3.8) is 0 Å². The monoisotopic (exact) mass is 257 g/mol. The largest absolute Gasteiger partial charge is 0.396 e. The normalized spacial score (nSPS) is 25.1. The maximum Gasteiger partial charge on any atom is 0.216 e. The molecule has 0 spiro atoms. The Morgan fingerprint density at radius 1 is 1.39 bits per heavy atom. The summed E-state index contributed by atoms with van der Waals surface area (Å²) in [5, 5.41) is 15.1. The number of piperidine rings is 1. The molecule has 0 aromatic rings. The summed E-state index contributed by atoms with van der Waals surface area (Å²) in [6.07, 6.45) is 2.01. The van der Waals surface area contributed by atoms with Crippen molar-refractivity contribution in [1.29, 1.82) is 0 Å². The van der Waals surface area contributed by atoms with Crippen molar-refractivity contribution in [1.82, 2.24) is 15.5 Å². The number of nitrogens with one attached hydrogen (secondary N) is 2. The molecule has 2 atom stereocenters. The summed E-state index contributed by atoms with van der Waals surface area (Å²) in [7, 11) is 0. The molecule has 2 unspecified atom stereocenters. The van der Waals surface area contributed by atoms with E-state index in [1.807, 2.05) is 0 Å². The Bertz CT molecular complexity index is 248. The van der Waals surface area contributed by atoms with Gasteiger partial charge < -0.3 is 15.7 Å². The predicted molar refractivity (Wildman–Crippen MR) is 72.4 cm³/mol. The van der Waals surface area contributed by atoms with Crippen molar-refractivity contribution < 1.29 is 9.90 Å². The van der Waals surface area contributed by atoms with Crippen LogP contribution in [0.5, 0.6) is 0 Å². The molecule has 0 aliphatic carbocycles. The number of hydrogen-bond donors (Lipinski definition) is 3. The molecule has 0 aromatic heterocycles. The van der Waals surface area contributed by atoms with E-state index in [2.05, 4.69) is 22.5 Å². The van der Waals surface area contributed by atoms with Crippen molar-refractivity contribution in [2.45, 2.75) is 32.7 Å². The molecule has 0 saturated carbocycles. The molecule has 1 saturated heterocycles. The Hall–Kier alpha value is -0.650. The predicted octanol–water partition coefficient (Wildman–Crippen LogP) is -0.195. The fraction of sp³-hybridized carbons (Fsp3) is 0.923. The Balaban J connectivity index is 2.24. The van der Waals surface area contributed by atoms with Crippen LogP contribution in [0.1, 0.15) is 26.7 Å². The van der Waals surface area contributed by atoms with Crippen LogP contribution in [-0.2, 0) is 4.79 Å². The van der Waals surface area contributed by atoms with E-state index in [1.165, 1.54) is 6.42 Å². The lowest BCUT2D eigenvalue weighted by atomic mass is 9.96. The third-order valence-corrected chi connectivity index (χ3v) is 3.31. The summed E-state index contributed by atoms with van der Waals surface area (Å²) in [6.45, 7) is 8.75. The highest BCUT2D eigenvalue weighted by molar-refractivity contribution is 5.72. The van der Waals surface area contributed by atoms with Gasteiger partial charge >= 0.3 is 0 Å². The number of aliphatic hydroxyl groups is 1. The Kier molecular flexibility index (Phi) is 7.23. The molecule has 5 heteroatoms. The standard InChI is InChI=1S/C13H27N3O2/c1-11-8-13(15-4-3-7-17)10-16(9-11)6-5-14-12(2)18/h11,13,15,17H,3-10H2,1-2H3,(H,14,18). The molecule has 1 rings (SSSR count). The van der Waals surface area contributed by atoms with Gasteiger partial charge in [-0.1, -0.05) is 6.92 Å². The van der Waals surface area contributed by atoms with Crippen LogP contribution in [0, 0.1) is 5.92 Å². The first-order valence-electron chi connectivity index (χ1n) is 6.93. The van der Waals surface area contributed by atoms with Crippen molar-refractivity contribution in [3.05, 3.63) is 0 Å². The molecule has 1 fully saturated rings. The van der Waals surface area contributed by atoms with E-state index in [-0.39, 0.29) is 12.5 Å². The van der Waals surface area contributed by atoms with Crippen LogP contribution in [0.4, 0.5) is 0 Å². The highest BCUT2D eigenvalue weighted by Crippen LogP contribution is 2.15. The first kappa shape index (κ1) is 15.4. The van der Waals surface area contributed by atoms with Crippen molar-refractivity contribution in [2.75, 3.05) is 39.3 Å². The molecule has 0 radical (unpaired) electrons. The topological polar surface area (TPSA) is 64.6 Å². The van der Waals surface area contributed by atoms with Gasteiger partial charge in [0, 0.05) is 45.8 Å². The number of amides is 1. The fourth-order valence-electron chi connectivity index (χ4n) is 2.57. The lowest BCUT2D eigenvalue weighted by molar-refractivity contribution is -0.119. The molecule has 1 aliphatic heterocycles. The lowest BCUT2D eigenvalue weighted by Crippen LogP contribution is -2.50. The van der Waals surface area contributed by atoms with Gasteiger partial charge in [-0.05, 0) is 25.3 Å². The van der Waals surface area contributed by atoms with Crippen LogP contribution >= 0.6 is 0 Å². The molecule has 1 amide bonds. The van der Waals surface area contributed by atoms with Crippen LogP contribution in [-0.4, -0.2) is 61.3 Å². The third kappa shape index (κ3) is 6.33. The van der Waals surface area contributed by atoms with Gasteiger partial charge in [0.15, 0.2) is 0 Å². The maximum atomic E-state index is 10.8. The molecular formula is C13H27N3O2. The van der Waals surface area contributed by atoms with Gasteiger partial charge in [-0.3, -0.25) is 9.69 Å². The molecule has 0 bridgehead atoms. The highest BCUT2D eigenvalue weighted by Gasteiger charge is 2.23. The summed E-state index contributed by atoms with van der Waals surface area (Å²) >= 11 is 0. The van der Waals surface area contributed by atoms with Gasteiger partial charge in [0.2, 0.25) is 5.91 Å². The SMILES string of the molecule is CC(=O)NCCN1CC(C)CC(NCCCO)C1. The van der Waals surface area contributed by atoms with Gasteiger partial charge in [0.05, 0.1) is 0 Å². The van der Waals surface area contributed by atoms with E-state index < -0.39 is 0 Å². The van der Waals surface area contributed by atoms with E-state index in [9.17, 15) is 4.79 Å². The average Bonchev–Trinajstić information content (AvgIpc) is 2.28. The lowest BCUT2D eigenvalue weighted by Gasteiger charge is -2.37. The van der Waals surface area contributed by atoms with E-state index in [1.54, 1.807) is 6.92 Å². The molecule has 18 heavy (non-hydrogen) atoms. The molecule has 3 N–H and O–H groups in total. The van der Waals surface area contributed by atoms with Crippen LogP contribution in [0.25, 0.3) is 0 Å². The second-order valence-electron chi connectivity index (χ2n) is 5.31. The number of carbonyl (C=O) groups is 1. The first-order valence-corrected chi connectivity index (χ1v) is 6.93. The summed E-state index contributed by atoms with van der Waals surface area (Å²) < 4.78 is 0. The second-order valence-corrected chi connectivity index (χ2v) is 5.31. The molecule has 1 aliphatic rings. The quantitative estimate of drug-likeness (QED) is 0.553. The van der Waals surface area contributed by atoms with Gasteiger partial charge in [-0.15, -0.1) is 0 Å². The second kappa shape index (κ2) is 8.45. The number of nitrogens with zero attached hydrogens (tertiary/aromatic N) is 1. The van der Waals surface area contributed by atoms with Crippen LogP contribution < -0.4 is 10.6 Å². The van der Waals surface area contributed by atoms with Gasteiger partial charge in [0.1, 0.15) is 0 Å². The Morgan fingerprint density at radius 2 is 2.17 bits per heavy atom. The number of rotatable bonds is 7. The van der Waals surface area contributed by atoms with Crippen molar-refractivity contribution in [3.8, 4) is 0 Å². The number of likely N-dealkylation sites (tertiary alicyclic amines) is 1. The molecule has 5 nitrogen and oxygen atoms in total. The van der Waals surface area contributed by atoms with Gasteiger partial charge in [0.25, 0.3) is 0 Å². The minimum Gasteiger partial charge on any atom is -0.396 e.